The second-order valence-corrected chi connectivity index (χ2v) is 4.36. The van der Waals surface area contributed by atoms with Crippen molar-refractivity contribution in [2.24, 2.45) is 0 Å². The van der Waals surface area contributed by atoms with E-state index in [1.807, 2.05) is 0 Å². The maximum absolute atomic E-state index is 10.2. The summed E-state index contributed by atoms with van der Waals surface area (Å²) in [7, 11) is -3.67. The van der Waals surface area contributed by atoms with Gasteiger partial charge in [-0.1, -0.05) is 0 Å². The minimum atomic E-state index is -3.67. The lowest BCUT2D eigenvalue weighted by Crippen LogP contribution is -1.88. The first-order chi connectivity index (χ1) is 6.74. The molecule has 0 fully saturated rings. The Morgan fingerprint density at radius 2 is 1.80 bits per heavy atom. The third-order valence-corrected chi connectivity index (χ3v) is 1.36. The molecular formula is C9H12O5S. The number of aldehydes is 1. The monoisotopic (exact) mass is 232 g/mol. The van der Waals surface area contributed by atoms with Gasteiger partial charge in [0.15, 0.2) is 0 Å². The predicted octanol–water partition coefficient (Wildman–Crippen LogP) is 1.02. The van der Waals surface area contributed by atoms with Gasteiger partial charge in [-0.25, -0.2) is 0 Å². The first-order valence-corrected chi connectivity index (χ1v) is 5.76. The Kier molecular flexibility index (Phi) is 4.96. The SMILES string of the molecule is CS(=O)(=O)O.Cc1cc(C=O)ccc1O. The van der Waals surface area contributed by atoms with Gasteiger partial charge in [-0.05, 0) is 30.7 Å². The normalized spacial score (nSPS) is 10.1. The highest BCUT2D eigenvalue weighted by atomic mass is 32.2. The minimum Gasteiger partial charge on any atom is -0.508 e. The zero-order chi connectivity index (χ0) is 12.1. The molecule has 0 radical (unpaired) electrons. The molecule has 0 atom stereocenters. The molecule has 1 aromatic rings. The predicted molar refractivity (Wildman–Crippen MR) is 55.7 cm³/mol. The van der Waals surface area contributed by atoms with Crippen molar-refractivity contribution < 1.29 is 22.9 Å². The summed E-state index contributed by atoms with van der Waals surface area (Å²) >= 11 is 0. The number of benzene rings is 1. The van der Waals surface area contributed by atoms with E-state index in [1.165, 1.54) is 6.07 Å². The van der Waals surface area contributed by atoms with E-state index in [2.05, 4.69) is 0 Å². The number of hydrogen-bond acceptors (Lipinski definition) is 4. The molecule has 0 bridgehead atoms. The van der Waals surface area contributed by atoms with Crippen LogP contribution >= 0.6 is 0 Å². The number of aromatic hydroxyl groups is 1. The van der Waals surface area contributed by atoms with Crippen LogP contribution in [0.15, 0.2) is 18.2 Å². The highest BCUT2D eigenvalue weighted by Crippen LogP contribution is 2.15. The Labute approximate surface area is 88.1 Å². The molecule has 1 aromatic carbocycles. The summed E-state index contributed by atoms with van der Waals surface area (Å²) in [5.74, 6) is 0.227. The second kappa shape index (κ2) is 5.47. The van der Waals surface area contributed by atoms with E-state index < -0.39 is 10.1 Å². The molecule has 0 heterocycles. The Hall–Kier alpha value is -1.40. The highest BCUT2D eigenvalue weighted by Gasteiger charge is 1.94. The number of phenolic OH excluding ortho intramolecular Hbond substituents is 1. The third-order valence-electron chi connectivity index (χ3n) is 1.36. The van der Waals surface area contributed by atoms with Crippen LogP contribution in [0.4, 0.5) is 0 Å². The van der Waals surface area contributed by atoms with Crippen LogP contribution in [0, 0.1) is 6.92 Å². The molecule has 0 saturated carbocycles. The fraction of sp³-hybridized carbons (Fsp3) is 0.222. The Balaban J connectivity index is 0.000000336. The molecule has 0 saturated heterocycles. The molecule has 1 rings (SSSR count). The van der Waals surface area contributed by atoms with E-state index >= 15 is 0 Å². The minimum absolute atomic E-state index is 0.227. The molecule has 5 nitrogen and oxygen atoms in total. The van der Waals surface area contributed by atoms with Crippen LogP contribution in [0.1, 0.15) is 15.9 Å². The van der Waals surface area contributed by atoms with Gasteiger partial charge in [-0.3, -0.25) is 9.35 Å². The quantitative estimate of drug-likeness (QED) is 0.557. The molecule has 84 valence electrons. The average molecular weight is 232 g/mol. The number of phenols is 1. The summed E-state index contributed by atoms with van der Waals surface area (Å²) in [6, 6.07) is 4.73. The third kappa shape index (κ3) is 7.65. The van der Waals surface area contributed by atoms with Gasteiger partial charge in [0, 0.05) is 5.56 Å². The summed E-state index contributed by atoms with van der Waals surface area (Å²) in [6.07, 6.45) is 1.47. The summed E-state index contributed by atoms with van der Waals surface area (Å²) < 4.78 is 25.9. The fourth-order valence-corrected chi connectivity index (χ4v) is 0.752. The number of carbonyl (C=O) groups excluding carboxylic acids is 1. The van der Waals surface area contributed by atoms with Gasteiger partial charge in [0.1, 0.15) is 12.0 Å². The molecule has 15 heavy (non-hydrogen) atoms. The van der Waals surface area contributed by atoms with E-state index in [4.69, 9.17) is 9.66 Å². The van der Waals surface area contributed by atoms with E-state index in [1.54, 1.807) is 19.1 Å². The van der Waals surface area contributed by atoms with Crippen LogP contribution in [0.2, 0.25) is 0 Å². The summed E-state index contributed by atoms with van der Waals surface area (Å²) in [5, 5.41) is 9.02. The van der Waals surface area contributed by atoms with Crippen LogP contribution in [0.5, 0.6) is 5.75 Å². The zero-order valence-corrected chi connectivity index (χ0v) is 9.15. The topological polar surface area (TPSA) is 91.7 Å². The smallest absolute Gasteiger partial charge is 0.261 e. The van der Waals surface area contributed by atoms with Gasteiger partial charge in [0.2, 0.25) is 0 Å². The molecule has 0 aliphatic rings. The summed E-state index contributed by atoms with van der Waals surface area (Å²) in [5.41, 5.74) is 1.32. The molecule has 0 aromatic heterocycles. The zero-order valence-electron chi connectivity index (χ0n) is 8.34. The number of aryl methyl sites for hydroxylation is 1. The van der Waals surface area contributed by atoms with Crippen molar-refractivity contribution in [1.29, 1.82) is 0 Å². The van der Waals surface area contributed by atoms with Crippen molar-refractivity contribution in [3.8, 4) is 5.75 Å². The molecule has 0 unspecified atom stereocenters. The lowest BCUT2D eigenvalue weighted by molar-refractivity contribution is 0.112. The highest BCUT2D eigenvalue weighted by molar-refractivity contribution is 7.85. The maximum Gasteiger partial charge on any atom is 0.261 e. The van der Waals surface area contributed by atoms with Crippen LogP contribution in [0.3, 0.4) is 0 Å². The van der Waals surface area contributed by atoms with Gasteiger partial charge in [-0.2, -0.15) is 8.42 Å². The van der Waals surface area contributed by atoms with E-state index in [-0.39, 0.29) is 5.75 Å². The Morgan fingerprint density at radius 3 is 2.13 bits per heavy atom. The summed E-state index contributed by atoms with van der Waals surface area (Å²) in [6.45, 7) is 1.75. The van der Waals surface area contributed by atoms with Gasteiger partial charge < -0.3 is 5.11 Å². The maximum atomic E-state index is 10.2. The molecule has 0 spiro atoms. The van der Waals surface area contributed by atoms with E-state index in [0.29, 0.717) is 11.8 Å². The molecular weight excluding hydrogens is 220 g/mol. The number of hydrogen-bond donors (Lipinski definition) is 2. The molecule has 0 aliphatic heterocycles. The fourth-order valence-electron chi connectivity index (χ4n) is 0.752. The van der Waals surface area contributed by atoms with Crippen molar-refractivity contribution in [3.05, 3.63) is 29.3 Å². The largest absolute Gasteiger partial charge is 0.508 e. The molecule has 6 heteroatoms. The first kappa shape index (κ1) is 13.6. The number of rotatable bonds is 1. The van der Waals surface area contributed by atoms with Crippen molar-refractivity contribution in [1.82, 2.24) is 0 Å². The summed E-state index contributed by atoms with van der Waals surface area (Å²) in [4.78, 5) is 10.2. The van der Waals surface area contributed by atoms with Crippen LogP contribution in [-0.4, -0.2) is 30.6 Å². The van der Waals surface area contributed by atoms with Gasteiger partial charge in [0.25, 0.3) is 10.1 Å². The van der Waals surface area contributed by atoms with Crippen LogP contribution in [0.25, 0.3) is 0 Å². The van der Waals surface area contributed by atoms with Crippen molar-refractivity contribution in [3.63, 3.8) is 0 Å². The standard InChI is InChI=1S/C8H8O2.CH4O3S/c1-6-4-7(5-9)2-3-8(6)10;1-5(2,3)4/h2-5,10H,1H3;1H3,(H,2,3,4). The Morgan fingerprint density at radius 1 is 1.33 bits per heavy atom. The van der Waals surface area contributed by atoms with E-state index in [9.17, 15) is 13.2 Å². The lowest BCUT2D eigenvalue weighted by Gasteiger charge is -1.96. The van der Waals surface area contributed by atoms with Gasteiger partial charge in [-0.15, -0.1) is 0 Å². The molecule has 0 amide bonds. The van der Waals surface area contributed by atoms with Gasteiger partial charge >= 0.3 is 0 Å². The molecule has 0 aliphatic carbocycles. The van der Waals surface area contributed by atoms with Crippen molar-refractivity contribution >= 4 is 16.4 Å². The van der Waals surface area contributed by atoms with Crippen molar-refractivity contribution in [2.45, 2.75) is 6.92 Å². The first-order valence-electron chi connectivity index (χ1n) is 3.91. The second-order valence-electron chi connectivity index (χ2n) is 2.90. The molecule has 2 N–H and O–H groups in total. The van der Waals surface area contributed by atoms with Crippen LogP contribution < -0.4 is 0 Å². The van der Waals surface area contributed by atoms with Gasteiger partial charge in [0.05, 0.1) is 6.26 Å². The lowest BCUT2D eigenvalue weighted by atomic mass is 10.1. The van der Waals surface area contributed by atoms with Crippen molar-refractivity contribution in [2.75, 3.05) is 6.26 Å². The number of carbonyl (C=O) groups is 1. The van der Waals surface area contributed by atoms with E-state index in [0.717, 1.165) is 11.8 Å². The van der Waals surface area contributed by atoms with Crippen LogP contribution in [-0.2, 0) is 10.1 Å². The average Bonchev–Trinajstić information content (AvgIpc) is 2.07. The Bertz CT molecular complexity index is 428.